The average Bonchev–Trinajstić information content (AvgIpc) is 2.30. The highest BCUT2D eigenvalue weighted by molar-refractivity contribution is 5.76. The molecule has 0 spiro atoms. The van der Waals surface area contributed by atoms with E-state index in [4.69, 9.17) is 9.47 Å². The van der Waals surface area contributed by atoms with Crippen molar-refractivity contribution in [2.24, 2.45) is 23.2 Å². The van der Waals surface area contributed by atoms with Crippen LogP contribution in [0.1, 0.15) is 47.5 Å². The Morgan fingerprint density at radius 1 is 1.00 bits per heavy atom. The molecule has 0 aliphatic carbocycles. The average molecular weight is 272 g/mol. The molecule has 0 heterocycles. The zero-order valence-corrected chi connectivity index (χ0v) is 13.3. The highest BCUT2D eigenvalue weighted by atomic mass is 16.5. The van der Waals surface area contributed by atoms with Crippen LogP contribution in [0.5, 0.6) is 0 Å². The van der Waals surface area contributed by atoms with E-state index >= 15 is 0 Å². The van der Waals surface area contributed by atoms with E-state index in [0.29, 0.717) is 12.8 Å². The Kier molecular flexibility index (Phi) is 7.09. The van der Waals surface area contributed by atoms with Gasteiger partial charge in [-0.05, 0) is 24.2 Å². The molecule has 0 aromatic rings. The second-order valence-corrected chi connectivity index (χ2v) is 6.59. The summed E-state index contributed by atoms with van der Waals surface area (Å²) in [4.78, 5) is 23.7. The van der Waals surface area contributed by atoms with Crippen LogP contribution in [-0.4, -0.2) is 26.2 Å². The summed E-state index contributed by atoms with van der Waals surface area (Å²) in [5, 5.41) is 0. The van der Waals surface area contributed by atoms with Gasteiger partial charge in [0.25, 0.3) is 0 Å². The predicted molar refractivity (Wildman–Crippen MR) is 74.5 cm³/mol. The largest absolute Gasteiger partial charge is 0.469 e. The van der Waals surface area contributed by atoms with Gasteiger partial charge in [0.05, 0.1) is 26.1 Å². The monoisotopic (exact) mass is 272 g/mol. The van der Waals surface area contributed by atoms with Gasteiger partial charge < -0.3 is 9.47 Å². The quantitative estimate of drug-likeness (QED) is 0.697. The van der Waals surface area contributed by atoms with Crippen LogP contribution in [0.3, 0.4) is 0 Å². The number of rotatable bonds is 6. The Balaban J connectivity index is 4.96. The van der Waals surface area contributed by atoms with Crippen molar-refractivity contribution < 1.29 is 19.1 Å². The van der Waals surface area contributed by atoms with Gasteiger partial charge in [-0.3, -0.25) is 9.59 Å². The molecule has 0 aliphatic heterocycles. The first-order chi connectivity index (χ1) is 8.62. The van der Waals surface area contributed by atoms with E-state index < -0.39 is 0 Å². The van der Waals surface area contributed by atoms with E-state index in [1.54, 1.807) is 0 Å². The third-order valence-corrected chi connectivity index (χ3v) is 3.24. The Morgan fingerprint density at radius 2 is 1.47 bits per heavy atom. The van der Waals surface area contributed by atoms with E-state index in [-0.39, 0.29) is 35.1 Å². The Bertz CT molecular complexity index is 302. The number of carbonyl (C=O) groups is 2. The van der Waals surface area contributed by atoms with Crippen LogP contribution in [0.25, 0.3) is 0 Å². The molecular formula is C15H28O4. The van der Waals surface area contributed by atoms with Crippen LogP contribution in [0.2, 0.25) is 0 Å². The first-order valence-electron chi connectivity index (χ1n) is 6.78. The van der Waals surface area contributed by atoms with Gasteiger partial charge in [0, 0.05) is 0 Å². The molecule has 0 amide bonds. The van der Waals surface area contributed by atoms with Gasteiger partial charge in [-0.2, -0.15) is 0 Å². The molecule has 0 N–H and O–H groups in total. The van der Waals surface area contributed by atoms with Crippen LogP contribution >= 0.6 is 0 Å². The maximum atomic E-state index is 11.9. The van der Waals surface area contributed by atoms with Crippen molar-refractivity contribution in [1.29, 1.82) is 0 Å². The summed E-state index contributed by atoms with van der Waals surface area (Å²) in [5.41, 5.74) is 0.0104. The third kappa shape index (κ3) is 6.60. The van der Waals surface area contributed by atoms with Crippen LogP contribution < -0.4 is 0 Å². The third-order valence-electron chi connectivity index (χ3n) is 3.24. The summed E-state index contributed by atoms with van der Waals surface area (Å²) >= 11 is 0. The van der Waals surface area contributed by atoms with Gasteiger partial charge >= 0.3 is 11.9 Å². The minimum absolute atomic E-state index is 0.0104. The van der Waals surface area contributed by atoms with Gasteiger partial charge in [0.2, 0.25) is 0 Å². The van der Waals surface area contributed by atoms with Gasteiger partial charge in [-0.1, -0.05) is 34.6 Å². The van der Waals surface area contributed by atoms with E-state index in [2.05, 4.69) is 20.8 Å². The molecule has 112 valence electrons. The van der Waals surface area contributed by atoms with E-state index in [0.717, 1.165) is 0 Å². The molecule has 0 rings (SSSR count). The fraction of sp³-hybridized carbons (Fsp3) is 0.867. The normalized spacial score (nSPS) is 14.9. The molecular weight excluding hydrogens is 244 g/mol. The van der Waals surface area contributed by atoms with Crippen molar-refractivity contribution in [2.75, 3.05) is 14.2 Å². The summed E-state index contributed by atoms with van der Waals surface area (Å²) in [6.45, 7) is 10.2. The highest BCUT2D eigenvalue weighted by Gasteiger charge is 2.33. The van der Waals surface area contributed by atoms with Crippen molar-refractivity contribution in [1.82, 2.24) is 0 Å². The molecule has 4 nitrogen and oxygen atoms in total. The SMILES string of the molecule is COC(=O)[C@H](C[C@H](C(=O)OC)C(C)C)CC(C)(C)C. The summed E-state index contributed by atoms with van der Waals surface area (Å²) < 4.78 is 9.69. The number of methoxy groups -OCH3 is 2. The number of hydrogen-bond acceptors (Lipinski definition) is 4. The molecule has 0 aromatic heterocycles. The number of ether oxygens (including phenoxy) is 2. The second kappa shape index (κ2) is 7.51. The molecule has 0 saturated carbocycles. The van der Waals surface area contributed by atoms with Crippen LogP contribution in [0, 0.1) is 23.2 Å². The first kappa shape index (κ1) is 17.9. The first-order valence-corrected chi connectivity index (χ1v) is 6.78. The Morgan fingerprint density at radius 3 is 1.79 bits per heavy atom. The fourth-order valence-electron chi connectivity index (χ4n) is 2.27. The number of carbonyl (C=O) groups excluding carboxylic acids is 2. The van der Waals surface area contributed by atoms with Gasteiger partial charge in [0.1, 0.15) is 0 Å². The zero-order chi connectivity index (χ0) is 15.2. The van der Waals surface area contributed by atoms with E-state index in [1.165, 1.54) is 14.2 Å². The molecule has 0 fully saturated rings. The van der Waals surface area contributed by atoms with Crippen molar-refractivity contribution in [3.8, 4) is 0 Å². The molecule has 0 saturated heterocycles. The molecule has 2 atom stereocenters. The molecule has 19 heavy (non-hydrogen) atoms. The zero-order valence-electron chi connectivity index (χ0n) is 13.3. The molecule has 0 radical (unpaired) electrons. The Hall–Kier alpha value is -1.06. The summed E-state index contributed by atoms with van der Waals surface area (Å²) in [6, 6.07) is 0. The second-order valence-electron chi connectivity index (χ2n) is 6.59. The molecule has 0 bridgehead atoms. The summed E-state index contributed by atoms with van der Waals surface area (Å²) in [6.07, 6.45) is 1.17. The van der Waals surface area contributed by atoms with Crippen molar-refractivity contribution in [2.45, 2.75) is 47.5 Å². The van der Waals surface area contributed by atoms with Crippen molar-refractivity contribution in [3.05, 3.63) is 0 Å². The lowest BCUT2D eigenvalue weighted by molar-refractivity contribution is -0.151. The Labute approximate surface area is 116 Å². The topological polar surface area (TPSA) is 52.6 Å². The number of esters is 2. The maximum absolute atomic E-state index is 11.9. The van der Waals surface area contributed by atoms with Gasteiger partial charge in [-0.15, -0.1) is 0 Å². The standard InChI is InChI=1S/C15H28O4/c1-10(2)12(14(17)19-7)8-11(13(16)18-6)9-15(3,4)5/h10-12H,8-9H2,1-7H3/t11-,12+/m1/s1. The van der Waals surface area contributed by atoms with Crippen LogP contribution in [0.4, 0.5) is 0 Å². The summed E-state index contributed by atoms with van der Waals surface area (Å²) in [5.74, 6) is -0.894. The van der Waals surface area contributed by atoms with E-state index in [1.807, 2.05) is 13.8 Å². The van der Waals surface area contributed by atoms with E-state index in [9.17, 15) is 9.59 Å². The minimum Gasteiger partial charge on any atom is -0.469 e. The van der Waals surface area contributed by atoms with Crippen LogP contribution in [-0.2, 0) is 19.1 Å². The molecule has 0 aromatic carbocycles. The molecule has 0 unspecified atom stereocenters. The van der Waals surface area contributed by atoms with Crippen molar-refractivity contribution >= 4 is 11.9 Å². The minimum atomic E-state index is -0.267. The lowest BCUT2D eigenvalue weighted by atomic mass is 9.78. The van der Waals surface area contributed by atoms with Gasteiger partial charge in [0.15, 0.2) is 0 Å². The van der Waals surface area contributed by atoms with Crippen molar-refractivity contribution in [3.63, 3.8) is 0 Å². The lowest BCUT2D eigenvalue weighted by Crippen LogP contribution is -2.30. The van der Waals surface area contributed by atoms with Crippen LogP contribution in [0.15, 0.2) is 0 Å². The lowest BCUT2D eigenvalue weighted by Gasteiger charge is -2.28. The number of hydrogen-bond donors (Lipinski definition) is 0. The summed E-state index contributed by atoms with van der Waals surface area (Å²) in [7, 11) is 2.77. The molecule has 0 aliphatic rings. The fourth-order valence-corrected chi connectivity index (χ4v) is 2.27. The highest BCUT2D eigenvalue weighted by Crippen LogP contribution is 2.31. The molecule has 4 heteroatoms. The van der Waals surface area contributed by atoms with Gasteiger partial charge in [-0.25, -0.2) is 0 Å². The smallest absolute Gasteiger partial charge is 0.308 e. The maximum Gasteiger partial charge on any atom is 0.308 e. The predicted octanol–water partition coefficient (Wildman–Crippen LogP) is 3.05.